The van der Waals surface area contributed by atoms with Crippen molar-refractivity contribution in [2.45, 2.75) is 70.7 Å². The van der Waals surface area contributed by atoms with Gasteiger partial charge in [0.1, 0.15) is 35.9 Å². The lowest BCUT2D eigenvalue weighted by molar-refractivity contribution is -0.277. The van der Waals surface area contributed by atoms with Crippen LogP contribution in [-0.4, -0.2) is 74.6 Å². The molecule has 0 aromatic heterocycles. The minimum Gasteiger partial charge on any atom is -0.508 e. The van der Waals surface area contributed by atoms with E-state index < -0.39 is 37.3 Å². The van der Waals surface area contributed by atoms with Crippen LogP contribution in [0.5, 0.6) is 11.5 Å². The van der Waals surface area contributed by atoms with Gasteiger partial charge in [0.25, 0.3) is 0 Å². The van der Waals surface area contributed by atoms with Crippen molar-refractivity contribution in [2.24, 2.45) is 0 Å². The molecule has 0 bridgehead atoms. The number of allylic oxidation sites excluding steroid dienone is 3. The third-order valence-electron chi connectivity index (χ3n) is 5.42. The fourth-order valence-electron chi connectivity index (χ4n) is 3.27. The second-order valence-corrected chi connectivity index (χ2v) is 8.06. The van der Waals surface area contributed by atoms with E-state index in [2.05, 4.69) is 0 Å². The van der Waals surface area contributed by atoms with Crippen molar-refractivity contribution < 1.29 is 40.1 Å². The molecule has 31 heavy (non-hydrogen) atoms. The molecule has 2 rings (SSSR count). The summed E-state index contributed by atoms with van der Waals surface area (Å²) in [5, 5.41) is 58.7. The van der Waals surface area contributed by atoms with Gasteiger partial charge >= 0.3 is 0 Å². The number of ether oxygens (including phenoxy) is 2. The van der Waals surface area contributed by atoms with Crippen molar-refractivity contribution in [3.8, 4) is 11.5 Å². The number of aliphatic hydroxyl groups is 5. The van der Waals surface area contributed by atoms with Gasteiger partial charge in [-0.15, -0.1) is 0 Å². The Morgan fingerprint density at radius 2 is 1.74 bits per heavy atom. The molecule has 0 spiro atoms. The van der Waals surface area contributed by atoms with Crippen molar-refractivity contribution in [1.82, 2.24) is 0 Å². The van der Waals surface area contributed by atoms with Crippen LogP contribution < -0.4 is 4.74 Å². The van der Waals surface area contributed by atoms with Gasteiger partial charge in [0.15, 0.2) is 0 Å². The molecular weight excluding hydrogens is 404 g/mol. The quantitative estimate of drug-likeness (QED) is 0.315. The molecule has 174 valence electrons. The van der Waals surface area contributed by atoms with Gasteiger partial charge in [-0.2, -0.15) is 0 Å². The minimum absolute atomic E-state index is 0.0457. The van der Waals surface area contributed by atoms with Crippen LogP contribution in [0, 0.1) is 6.92 Å². The fraction of sp³-hybridized carbons (Fsp3) is 0.565. The van der Waals surface area contributed by atoms with Crippen LogP contribution in [0.1, 0.15) is 37.8 Å². The summed E-state index contributed by atoms with van der Waals surface area (Å²) in [5.74, 6) is 0.461. The van der Waals surface area contributed by atoms with E-state index in [1.807, 2.05) is 26.0 Å². The third kappa shape index (κ3) is 6.77. The van der Waals surface area contributed by atoms with Crippen molar-refractivity contribution in [1.29, 1.82) is 0 Å². The first-order valence-corrected chi connectivity index (χ1v) is 10.4. The smallest absolute Gasteiger partial charge is 0.229 e. The largest absolute Gasteiger partial charge is 0.508 e. The van der Waals surface area contributed by atoms with Crippen LogP contribution in [0.2, 0.25) is 0 Å². The molecule has 1 aromatic carbocycles. The summed E-state index contributed by atoms with van der Waals surface area (Å²) < 4.78 is 11.2. The Labute approximate surface area is 182 Å². The molecule has 1 fully saturated rings. The summed E-state index contributed by atoms with van der Waals surface area (Å²) in [4.78, 5) is 0. The molecule has 0 amide bonds. The van der Waals surface area contributed by atoms with Crippen molar-refractivity contribution >= 4 is 0 Å². The predicted molar refractivity (Wildman–Crippen MR) is 115 cm³/mol. The van der Waals surface area contributed by atoms with Gasteiger partial charge in [-0.05, 0) is 57.7 Å². The number of aromatic hydroxyl groups is 1. The molecule has 8 heteroatoms. The summed E-state index contributed by atoms with van der Waals surface area (Å²) in [6.07, 6.45) is -0.800. The maximum Gasteiger partial charge on any atom is 0.229 e. The van der Waals surface area contributed by atoms with Crippen molar-refractivity contribution in [2.75, 3.05) is 13.2 Å². The number of rotatable bonds is 9. The lowest BCUT2D eigenvalue weighted by Gasteiger charge is -2.39. The zero-order valence-corrected chi connectivity index (χ0v) is 18.2. The summed E-state index contributed by atoms with van der Waals surface area (Å²) >= 11 is 0. The monoisotopic (exact) mass is 438 g/mol. The average molecular weight is 439 g/mol. The average Bonchev–Trinajstić information content (AvgIpc) is 2.75. The van der Waals surface area contributed by atoms with E-state index in [9.17, 15) is 25.5 Å². The summed E-state index contributed by atoms with van der Waals surface area (Å²) in [6.45, 7) is 5.07. The molecule has 8 nitrogen and oxygen atoms in total. The van der Waals surface area contributed by atoms with Crippen LogP contribution in [0.4, 0.5) is 0 Å². The normalized spacial score (nSPS) is 27.4. The van der Waals surface area contributed by atoms with E-state index in [-0.39, 0.29) is 12.4 Å². The molecule has 1 saturated heterocycles. The van der Waals surface area contributed by atoms with E-state index >= 15 is 0 Å². The maximum atomic E-state index is 10.3. The van der Waals surface area contributed by atoms with Gasteiger partial charge < -0.3 is 40.1 Å². The summed E-state index contributed by atoms with van der Waals surface area (Å²) in [7, 11) is 0. The van der Waals surface area contributed by atoms with E-state index in [4.69, 9.17) is 14.6 Å². The predicted octanol–water partition coefficient (Wildman–Crippen LogP) is 1.09. The number of phenols is 1. The molecule has 1 aliphatic rings. The number of aryl methyl sites for hydroxylation is 1. The number of hydrogen-bond acceptors (Lipinski definition) is 8. The first-order chi connectivity index (χ1) is 14.7. The first kappa shape index (κ1) is 25.3. The molecule has 0 saturated carbocycles. The molecule has 0 unspecified atom stereocenters. The molecule has 0 radical (unpaired) electrons. The molecule has 0 aliphatic carbocycles. The summed E-state index contributed by atoms with van der Waals surface area (Å²) in [6, 6.07) is 3.19. The molecule has 5 atom stereocenters. The zero-order chi connectivity index (χ0) is 23.1. The second kappa shape index (κ2) is 11.6. The van der Waals surface area contributed by atoms with Crippen LogP contribution in [-0.2, 0) is 11.2 Å². The van der Waals surface area contributed by atoms with Crippen molar-refractivity contribution in [3.63, 3.8) is 0 Å². The van der Waals surface area contributed by atoms with E-state index in [0.717, 1.165) is 24.0 Å². The number of hydrogen-bond donors (Lipinski definition) is 6. The lowest BCUT2D eigenvalue weighted by atomic mass is 9.99. The van der Waals surface area contributed by atoms with Gasteiger partial charge in [0, 0.05) is 5.56 Å². The highest BCUT2D eigenvalue weighted by atomic mass is 16.7. The molecule has 1 aromatic rings. The summed E-state index contributed by atoms with van der Waals surface area (Å²) in [5.41, 5.74) is 3.27. The Balaban J connectivity index is 2.17. The van der Waals surface area contributed by atoms with Gasteiger partial charge in [-0.1, -0.05) is 23.3 Å². The highest BCUT2D eigenvalue weighted by molar-refractivity contribution is 5.46. The van der Waals surface area contributed by atoms with Crippen LogP contribution in [0.15, 0.2) is 35.4 Å². The Morgan fingerprint density at radius 1 is 1.03 bits per heavy atom. The van der Waals surface area contributed by atoms with Gasteiger partial charge in [-0.3, -0.25) is 0 Å². The topological polar surface area (TPSA) is 140 Å². The highest BCUT2D eigenvalue weighted by Crippen LogP contribution is 2.32. The van der Waals surface area contributed by atoms with Crippen molar-refractivity contribution in [3.05, 3.63) is 46.6 Å². The first-order valence-electron chi connectivity index (χ1n) is 10.4. The Morgan fingerprint density at radius 3 is 2.39 bits per heavy atom. The van der Waals surface area contributed by atoms with E-state index in [1.165, 1.54) is 0 Å². The second-order valence-electron chi connectivity index (χ2n) is 8.06. The van der Waals surface area contributed by atoms with Crippen LogP contribution >= 0.6 is 0 Å². The van der Waals surface area contributed by atoms with E-state index in [1.54, 1.807) is 19.1 Å². The molecule has 1 heterocycles. The zero-order valence-electron chi connectivity index (χ0n) is 18.2. The van der Waals surface area contributed by atoms with E-state index in [0.29, 0.717) is 23.3 Å². The SMILES string of the molecule is C/C(=C\CC/C(C)=C/Cc1cc(O)c(C)cc1O[C@@H]1O[C@H](CO)[C@@H](O)[C@H](O)[C@H]1O)CO. The third-order valence-corrected chi connectivity index (χ3v) is 5.42. The molecular formula is C23H34O8. The minimum atomic E-state index is -1.53. The van der Waals surface area contributed by atoms with Gasteiger partial charge in [0.2, 0.25) is 6.29 Å². The standard InChI is InChI=1S/C23H34O8/c1-13(5-4-6-14(2)11-24)7-8-16-10-17(26)15(3)9-18(16)30-23-22(29)21(28)20(27)19(12-25)31-23/h6-7,9-10,19-29H,4-5,8,11-12H2,1-3H3/b13-7+,14-6+/t19-,20-,21+,22-,23-/m1/s1. The number of aliphatic hydroxyl groups excluding tert-OH is 5. The molecule has 6 N–H and O–H groups in total. The fourth-order valence-corrected chi connectivity index (χ4v) is 3.27. The Kier molecular flexibility index (Phi) is 9.49. The Bertz CT molecular complexity index is 786. The Hall–Kier alpha value is -1.94. The maximum absolute atomic E-state index is 10.3. The number of benzene rings is 1. The van der Waals surface area contributed by atoms with Gasteiger partial charge in [-0.25, -0.2) is 0 Å². The highest BCUT2D eigenvalue weighted by Gasteiger charge is 2.44. The molecule has 1 aliphatic heterocycles. The number of phenolic OH excluding ortho intramolecular Hbond substituents is 1. The lowest BCUT2D eigenvalue weighted by Crippen LogP contribution is -2.60. The van der Waals surface area contributed by atoms with Gasteiger partial charge in [0.05, 0.1) is 13.2 Å². The van der Waals surface area contributed by atoms with Crippen LogP contribution in [0.3, 0.4) is 0 Å². The van der Waals surface area contributed by atoms with Crippen LogP contribution in [0.25, 0.3) is 0 Å².